The Morgan fingerprint density at radius 2 is 2.00 bits per heavy atom. The third kappa shape index (κ3) is 4.01. The molecule has 3 aromatic rings. The quantitative estimate of drug-likeness (QED) is 0.549. The van der Waals surface area contributed by atoms with Crippen molar-refractivity contribution in [1.29, 1.82) is 0 Å². The average molecular weight is 370 g/mol. The van der Waals surface area contributed by atoms with Crippen LogP contribution in [0.1, 0.15) is 21.5 Å². The number of aryl methyl sites for hydroxylation is 1. The Balaban J connectivity index is 1.79. The smallest absolute Gasteiger partial charge is 0.310 e. The molecule has 8 nitrogen and oxygen atoms in total. The number of amides is 1. The fourth-order valence-corrected chi connectivity index (χ4v) is 2.88. The summed E-state index contributed by atoms with van der Waals surface area (Å²) in [6, 6.07) is 10.5. The predicted molar refractivity (Wildman–Crippen MR) is 97.7 cm³/mol. The number of nitro groups is 1. The molecule has 0 saturated heterocycles. The molecule has 2 heterocycles. The minimum Gasteiger partial charge on any atom is -0.310 e. The second kappa shape index (κ2) is 7.28. The van der Waals surface area contributed by atoms with Gasteiger partial charge in [0.2, 0.25) is 0 Å². The number of rotatable bonds is 5. The molecule has 3 rings (SSSR count). The Hall–Kier alpha value is -3.33. The van der Waals surface area contributed by atoms with Crippen molar-refractivity contribution in [2.45, 2.75) is 13.5 Å². The van der Waals surface area contributed by atoms with Gasteiger partial charge in [-0.1, -0.05) is 29.8 Å². The Morgan fingerprint density at radius 3 is 2.65 bits per heavy atom. The van der Waals surface area contributed by atoms with Gasteiger partial charge in [-0.15, -0.1) is 0 Å². The van der Waals surface area contributed by atoms with Crippen molar-refractivity contribution < 1.29 is 9.72 Å². The number of pyridine rings is 1. The van der Waals surface area contributed by atoms with E-state index in [2.05, 4.69) is 10.3 Å². The maximum absolute atomic E-state index is 12.3. The highest BCUT2D eigenvalue weighted by atomic mass is 32.1. The molecule has 0 aliphatic carbocycles. The monoisotopic (exact) mass is 370 g/mol. The van der Waals surface area contributed by atoms with E-state index < -0.39 is 10.8 Å². The van der Waals surface area contributed by atoms with Gasteiger partial charge in [0.25, 0.3) is 11.5 Å². The van der Waals surface area contributed by atoms with Crippen LogP contribution in [0.4, 0.5) is 10.1 Å². The minimum atomic E-state index is -0.574. The number of nitrogens with one attached hydrogen (secondary N) is 1. The zero-order valence-corrected chi connectivity index (χ0v) is 14.5. The summed E-state index contributed by atoms with van der Waals surface area (Å²) in [7, 11) is 0. The van der Waals surface area contributed by atoms with E-state index in [0.717, 1.165) is 28.7 Å². The van der Waals surface area contributed by atoms with Crippen molar-refractivity contribution in [3.8, 4) is 0 Å². The Bertz CT molecular complexity index is 1020. The fourth-order valence-electron chi connectivity index (χ4n) is 2.26. The molecule has 0 aliphatic rings. The van der Waals surface area contributed by atoms with Crippen LogP contribution in [-0.2, 0) is 6.54 Å². The fraction of sp³-hybridized carbons (Fsp3) is 0.118. The van der Waals surface area contributed by atoms with Gasteiger partial charge >= 0.3 is 5.00 Å². The summed E-state index contributed by atoms with van der Waals surface area (Å²) in [5, 5.41) is 13.1. The summed E-state index contributed by atoms with van der Waals surface area (Å²) in [4.78, 5) is 38.3. The molecule has 0 unspecified atom stereocenters. The summed E-state index contributed by atoms with van der Waals surface area (Å²) in [6.45, 7) is 2.31. The second-order valence-corrected chi connectivity index (χ2v) is 6.59. The third-order valence-corrected chi connectivity index (χ3v) is 4.48. The van der Waals surface area contributed by atoms with Crippen LogP contribution < -0.4 is 10.9 Å². The number of aromatic nitrogens is 2. The topological polar surface area (TPSA) is 107 Å². The van der Waals surface area contributed by atoms with Crippen LogP contribution in [0.3, 0.4) is 0 Å². The van der Waals surface area contributed by atoms with Crippen molar-refractivity contribution in [3.05, 3.63) is 86.0 Å². The lowest BCUT2D eigenvalue weighted by atomic mass is 10.1. The Kier molecular flexibility index (Phi) is 4.90. The molecule has 0 bridgehead atoms. The lowest BCUT2D eigenvalue weighted by Gasteiger charge is -2.08. The predicted octanol–water partition coefficient (Wildman–Crippen LogP) is 2.82. The van der Waals surface area contributed by atoms with Gasteiger partial charge in [-0.25, -0.2) is 4.98 Å². The largest absolute Gasteiger partial charge is 0.345 e. The molecule has 0 radical (unpaired) electrons. The van der Waals surface area contributed by atoms with Crippen LogP contribution in [0.25, 0.3) is 0 Å². The molecule has 0 spiro atoms. The molecular weight excluding hydrogens is 356 g/mol. The average Bonchev–Trinajstić information content (AvgIpc) is 3.07. The van der Waals surface area contributed by atoms with Crippen LogP contribution in [0.2, 0.25) is 0 Å². The standard InChI is InChI=1S/C17H14N4O4S/c1-11-2-4-12(5-3-11)9-20-10-13(6-7-14(20)22)16(23)19-17-18-8-15(26-17)21(24)25/h2-8,10H,9H2,1H3,(H,18,19,23). The van der Waals surface area contributed by atoms with Crippen molar-refractivity contribution >= 4 is 27.4 Å². The molecular formula is C17H14N4O4S. The van der Waals surface area contributed by atoms with Gasteiger partial charge < -0.3 is 4.57 Å². The number of thiazole rings is 1. The summed E-state index contributed by atoms with van der Waals surface area (Å²) in [5.74, 6) is -0.494. The van der Waals surface area contributed by atoms with Gasteiger partial charge in [0.15, 0.2) is 5.13 Å². The maximum atomic E-state index is 12.3. The first-order valence-corrected chi connectivity index (χ1v) is 8.41. The van der Waals surface area contributed by atoms with E-state index in [0.29, 0.717) is 6.54 Å². The lowest BCUT2D eigenvalue weighted by molar-refractivity contribution is -0.380. The SMILES string of the molecule is Cc1ccc(Cn2cc(C(=O)Nc3ncc([N+](=O)[O-])s3)ccc2=O)cc1. The van der Waals surface area contributed by atoms with E-state index in [1.54, 1.807) is 0 Å². The van der Waals surface area contributed by atoms with Gasteiger partial charge in [0, 0.05) is 12.3 Å². The van der Waals surface area contributed by atoms with Crippen LogP contribution in [0, 0.1) is 17.0 Å². The van der Waals surface area contributed by atoms with E-state index in [1.807, 2.05) is 31.2 Å². The molecule has 132 valence electrons. The number of hydrogen-bond donors (Lipinski definition) is 1. The molecule has 1 aromatic carbocycles. The minimum absolute atomic E-state index is 0.123. The highest BCUT2D eigenvalue weighted by Crippen LogP contribution is 2.25. The van der Waals surface area contributed by atoms with Crippen molar-refractivity contribution in [1.82, 2.24) is 9.55 Å². The molecule has 1 amide bonds. The van der Waals surface area contributed by atoms with Gasteiger partial charge in [-0.3, -0.25) is 25.0 Å². The number of anilines is 1. The van der Waals surface area contributed by atoms with Crippen LogP contribution in [0.5, 0.6) is 0 Å². The zero-order valence-electron chi connectivity index (χ0n) is 13.7. The third-order valence-electron chi connectivity index (χ3n) is 3.61. The number of benzene rings is 1. The van der Waals surface area contributed by atoms with Crippen molar-refractivity contribution in [2.24, 2.45) is 0 Å². The number of carbonyl (C=O) groups is 1. The lowest BCUT2D eigenvalue weighted by Crippen LogP contribution is -2.22. The number of carbonyl (C=O) groups excluding carboxylic acids is 1. The number of hydrogen-bond acceptors (Lipinski definition) is 6. The zero-order chi connectivity index (χ0) is 18.7. The van der Waals surface area contributed by atoms with Gasteiger partial charge in [0.1, 0.15) is 6.20 Å². The highest BCUT2D eigenvalue weighted by Gasteiger charge is 2.15. The van der Waals surface area contributed by atoms with E-state index in [-0.39, 0.29) is 21.3 Å². The highest BCUT2D eigenvalue weighted by molar-refractivity contribution is 7.18. The molecule has 0 saturated carbocycles. The normalized spacial score (nSPS) is 10.5. The molecule has 0 atom stereocenters. The maximum Gasteiger partial charge on any atom is 0.345 e. The van der Waals surface area contributed by atoms with Gasteiger partial charge in [0.05, 0.1) is 17.0 Å². The van der Waals surface area contributed by atoms with Crippen molar-refractivity contribution in [3.63, 3.8) is 0 Å². The van der Waals surface area contributed by atoms with E-state index >= 15 is 0 Å². The summed E-state index contributed by atoms with van der Waals surface area (Å²) >= 11 is 0.765. The number of nitrogens with zero attached hydrogens (tertiary/aromatic N) is 3. The van der Waals surface area contributed by atoms with Crippen molar-refractivity contribution in [2.75, 3.05) is 5.32 Å². The van der Waals surface area contributed by atoms with Crippen LogP contribution >= 0.6 is 11.3 Å². The van der Waals surface area contributed by atoms with Gasteiger partial charge in [-0.2, -0.15) is 0 Å². The first-order chi connectivity index (χ1) is 12.4. The van der Waals surface area contributed by atoms with E-state index in [4.69, 9.17) is 0 Å². The van der Waals surface area contributed by atoms with Gasteiger partial charge in [-0.05, 0) is 29.9 Å². The molecule has 1 N–H and O–H groups in total. The van der Waals surface area contributed by atoms with E-state index in [9.17, 15) is 19.7 Å². The first kappa shape index (κ1) is 17.5. The Labute approximate surface area is 151 Å². The summed E-state index contributed by atoms with van der Waals surface area (Å²) in [6.07, 6.45) is 2.54. The Morgan fingerprint density at radius 1 is 1.27 bits per heavy atom. The van der Waals surface area contributed by atoms with Crippen LogP contribution in [-0.4, -0.2) is 20.4 Å². The second-order valence-electron chi connectivity index (χ2n) is 5.58. The molecule has 26 heavy (non-hydrogen) atoms. The summed E-state index contributed by atoms with van der Waals surface area (Å²) < 4.78 is 1.43. The molecule has 0 aliphatic heterocycles. The molecule has 0 fully saturated rings. The molecule has 2 aromatic heterocycles. The summed E-state index contributed by atoms with van der Waals surface area (Å²) in [5.41, 5.74) is 2.08. The van der Waals surface area contributed by atoms with Crippen LogP contribution in [0.15, 0.2) is 53.6 Å². The van der Waals surface area contributed by atoms with E-state index in [1.165, 1.54) is 22.9 Å². The molecule has 9 heteroatoms. The first-order valence-electron chi connectivity index (χ1n) is 7.60.